The van der Waals surface area contributed by atoms with Gasteiger partial charge in [-0.2, -0.15) is 0 Å². The van der Waals surface area contributed by atoms with Crippen LogP contribution in [0.3, 0.4) is 0 Å². The smallest absolute Gasteiger partial charge is 0.197 e. The minimum Gasteiger partial charge on any atom is -0.505 e. The van der Waals surface area contributed by atoms with E-state index in [9.17, 15) is 15.0 Å². The number of halogens is 1. The summed E-state index contributed by atoms with van der Waals surface area (Å²) in [4.78, 5) is 12.1. The van der Waals surface area contributed by atoms with E-state index in [2.05, 4.69) is 0 Å². The molecule has 4 nitrogen and oxygen atoms in total. The van der Waals surface area contributed by atoms with Crippen LogP contribution < -0.4 is 5.43 Å². The van der Waals surface area contributed by atoms with Crippen molar-refractivity contribution < 1.29 is 14.6 Å². The van der Waals surface area contributed by atoms with E-state index in [0.29, 0.717) is 11.3 Å². The van der Waals surface area contributed by atoms with E-state index in [0.717, 1.165) is 6.07 Å². The summed E-state index contributed by atoms with van der Waals surface area (Å²) in [6.07, 6.45) is 0. The topological polar surface area (TPSA) is 70.7 Å². The minimum absolute atomic E-state index is 0.0850. The number of phenols is 2. The third kappa shape index (κ3) is 1.90. The van der Waals surface area contributed by atoms with Gasteiger partial charge in [0, 0.05) is 17.7 Å². The minimum atomic E-state index is -0.472. The van der Waals surface area contributed by atoms with Crippen LogP contribution in [0.15, 0.2) is 51.7 Å². The zero-order valence-electron chi connectivity index (χ0n) is 10.1. The fourth-order valence-corrected chi connectivity index (χ4v) is 2.21. The van der Waals surface area contributed by atoms with E-state index >= 15 is 0 Å². The maximum absolute atomic E-state index is 12.1. The van der Waals surface area contributed by atoms with Crippen molar-refractivity contribution in [3.63, 3.8) is 0 Å². The van der Waals surface area contributed by atoms with Crippen LogP contribution in [-0.4, -0.2) is 10.2 Å². The molecule has 0 bridgehead atoms. The molecule has 100 valence electrons. The highest BCUT2D eigenvalue weighted by Gasteiger charge is 2.16. The second-order valence-electron chi connectivity index (χ2n) is 4.27. The Bertz CT molecular complexity index is 853. The number of aromatic hydroxyl groups is 2. The molecular formula is C15H9ClO4. The molecule has 2 N–H and O–H groups in total. The monoisotopic (exact) mass is 288 g/mol. The quantitative estimate of drug-likeness (QED) is 0.672. The lowest BCUT2D eigenvalue weighted by Gasteiger charge is -2.07. The lowest BCUT2D eigenvalue weighted by molar-refractivity contribution is 0.455. The molecule has 5 heteroatoms. The van der Waals surface area contributed by atoms with Crippen molar-refractivity contribution in [2.75, 3.05) is 0 Å². The van der Waals surface area contributed by atoms with Crippen LogP contribution in [-0.2, 0) is 0 Å². The van der Waals surface area contributed by atoms with Crippen molar-refractivity contribution in [3.8, 4) is 22.8 Å². The summed E-state index contributed by atoms with van der Waals surface area (Å²) in [6, 6.07) is 11.4. The summed E-state index contributed by atoms with van der Waals surface area (Å²) in [5.74, 6) is -0.384. The van der Waals surface area contributed by atoms with Crippen LogP contribution in [0.25, 0.3) is 22.3 Å². The molecule has 0 atom stereocenters. The van der Waals surface area contributed by atoms with Crippen LogP contribution >= 0.6 is 11.6 Å². The summed E-state index contributed by atoms with van der Waals surface area (Å²) in [7, 11) is 0. The molecule has 0 amide bonds. The third-order valence-electron chi connectivity index (χ3n) is 2.97. The normalized spacial score (nSPS) is 10.8. The van der Waals surface area contributed by atoms with Crippen LogP contribution in [0, 0.1) is 0 Å². The second kappa shape index (κ2) is 4.58. The Hall–Kier alpha value is -2.46. The first-order chi connectivity index (χ1) is 9.58. The van der Waals surface area contributed by atoms with Crippen molar-refractivity contribution in [2.45, 2.75) is 0 Å². The van der Waals surface area contributed by atoms with Gasteiger partial charge in [-0.05, 0) is 0 Å². The molecule has 0 aliphatic rings. The van der Waals surface area contributed by atoms with Gasteiger partial charge in [0.25, 0.3) is 0 Å². The Morgan fingerprint density at radius 1 is 1.05 bits per heavy atom. The fraction of sp³-hybridized carbons (Fsp3) is 0. The maximum Gasteiger partial charge on any atom is 0.197 e. The predicted molar refractivity (Wildman–Crippen MR) is 76.3 cm³/mol. The summed E-state index contributed by atoms with van der Waals surface area (Å²) >= 11 is 5.73. The maximum atomic E-state index is 12.1. The van der Waals surface area contributed by atoms with Gasteiger partial charge in [0.1, 0.15) is 16.9 Å². The summed E-state index contributed by atoms with van der Waals surface area (Å²) < 4.78 is 5.53. The molecule has 3 aromatic rings. The molecule has 0 spiro atoms. The molecule has 2 aromatic carbocycles. The van der Waals surface area contributed by atoms with Crippen LogP contribution in [0.2, 0.25) is 5.02 Å². The Kier molecular flexibility index (Phi) is 2.88. The zero-order valence-corrected chi connectivity index (χ0v) is 10.9. The van der Waals surface area contributed by atoms with E-state index in [4.69, 9.17) is 16.0 Å². The van der Waals surface area contributed by atoms with Gasteiger partial charge in [0.15, 0.2) is 16.8 Å². The largest absolute Gasteiger partial charge is 0.505 e. The Morgan fingerprint density at radius 3 is 2.45 bits per heavy atom. The summed E-state index contributed by atoms with van der Waals surface area (Å²) in [5, 5.41) is 19.4. The molecule has 0 unspecified atom stereocenters. The van der Waals surface area contributed by atoms with Gasteiger partial charge < -0.3 is 14.6 Å². The van der Waals surface area contributed by atoms with Gasteiger partial charge in [0.05, 0.1) is 5.02 Å². The van der Waals surface area contributed by atoms with Gasteiger partial charge in [-0.25, -0.2) is 0 Å². The fourth-order valence-electron chi connectivity index (χ4n) is 2.02. The van der Waals surface area contributed by atoms with E-state index in [1.807, 2.05) is 6.07 Å². The highest BCUT2D eigenvalue weighted by Crippen LogP contribution is 2.37. The van der Waals surface area contributed by atoms with Crippen molar-refractivity contribution in [1.82, 2.24) is 0 Å². The molecular weight excluding hydrogens is 280 g/mol. The number of benzene rings is 2. The number of rotatable bonds is 1. The van der Waals surface area contributed by atoms with Gasteiger partial charge >= 0.3 is 0 Å². The van der Waals surface area contributed by atoms with E-state index < -0.39 is 11.2 Å². The van der Waals surface area contributed by atoms with Crippen LogP contribution in [0.5, 0.6) is 11.5 Å². The molecule has 0 radical (unpaired) electrons. The Morgan fingerprint density at radius 2 is 1.75 bits per heavy atom. The number of phenolic OH excluding ortho intramolecular Hbond substituents is 2. The third-order valence-corrected chi connectivity index (χ3v) is 3.25. The first-order valence-corrected chi connectivity index (χ1v) is 6.19. The average molecular weight is 289 g/mol. The van der Waals surface area contributed by atoms with Crippen molar-refractivity contribution in [2.24, 2.45) is 0 Å². The van der Waals surface area contributed by atoms with Gasteiger partial charge in [-0.1, -0.05) is 41.9 Å². The standard InChI is InChI=1S/C15H9ClO4/c16-9-6-11(18)15-13(14(9)19)10(17)7-12(20-15)8-4-2-1-3-5-8/h1-7,18-19H. The molecule has 0 saturated carbocycles. The van der Waals surface area contributed by atoms with Crippen LogP contribution in [0.1, 0.15) is 0 Å². The lowest BCUT2D eigenvalue weighted by Crippen LogP contribution is -2.01. The van der Waals surface area contributed by atoms with Gasteiger partial charge in [0.2, 0.25) is 0 Å². The molecule has 20 heavy (non-hydrogen) atoms. The Labute approximate surface area is 118 Å². The number of hydrogen-bond donors (Lipinski definition) is 2. The van der Waals surface area contributed by atoms with Crippen molar-refractivity contribution >= 4 is 22.6 Å². The second-order valence-corrected chi connectivity index (χ2v) is 4.68. The Balaban J connectivity index is 2.39. The molecule has 0 fully saturated rings. The van der Waals surface area contributed by atoms with Crippen molar-refractivity contribution in [1.29, 1.82) is 0 Å². The molecule has 1 aromatic heterocycles. The first kappa shape index (κ1) is 12.6. The molecule has 1 heterocycles. The van der Waals surface area contributed by atoms with Crippen LogP contribution in [0.4, 0.5) is 0 Å². The van der Waals surface area contributed by atoms with Gasteiger partial charge in [-0.3, -0.25) is 4.79 Å². The van der Waals surface area contributed by atoms with Gasteiger partial charge in [-0.15, -0.1) is 0 Å². The lowest BCUT2D eigenvalue weighted by atomic mass is 10.1. The molecule has 0 saturated heterocycles. The van der Waals surface area contributed by atoms with E-state index in [1.54, 1.807) is 24.3 Å². The predicted octanol–water partition coefficient (Wildman–Crippen LogP) is 3.52. The average Bonchev–Trinajstić information content (AvgIpc) is 2.45. The van der Waals surface area contributed by atoms with Crippen molar-refractivity contribution in [3.05, 3.63) is 57.7 Å². The number of fused-ring (bicyclic) bond motifs is 1. The molecule has 3 rings (SSSR count). The SMILES string of the molecule is O=c1cc(-c2ccccc2)oc2c(O)cc(Cl)c(O)c12. The molecule has 0 aliphatic heterocycles. The zero-order chi connectivity index (χ0) is 14.3. The molecule has 0 aliphatic carbocycles. The highest BCUT2D eigenvalue weighted by molar-refractivity contribution is 6.33. The summed E-state index contributed by atoms with van der Waals surface area (Å²) in [5.41, 5.74) is 0.138. The number of hydrogen-bond acceptors (Lipinski definition) is 4. The summed E-state index contributed by atoms with van der Waals surface area (Å²) in [6.45, 7) is 0. The van der Waals surface area contributed by atoms with E-state index in [-0.39, 0.29) is 21.7 Å². The first-order valence-electron chi connectivity index (χ1n) is 5.81. The van der Waals surface area contributed by atoms with E-state index in [1.165, 1.54) is 6.07 Å². The highest BCUT2D eigenvalue weighted by atomic mass is 35.5.